The minimum Gasteiger partial charge on any atom is -0.385 e. The van der Waals surface area contributed by atoms with Crippen molar-refractivity contribution in [1.29, 1.82) is 0 Å². The standard InChI is InChI=1S/C12H12F2N2O2/c1-2-3-10(17)11-15-12(18-16-11)8-5-4-7(13)6-9(8)14/h4-6,10,17H,2-3H2,1H3. The summed E-state index contributed by atoms with van der Waals surface area (Å²) in [6.45, 7) is 1.91. The smallest absolute Gasteiger partial charge is 0.260 e. The monoisotopic (exact) mass is 254 g/mol. The maximum atomic E-state index is 13.5. The van der Waals surface area contributed by atoms with E-state index in [0.717, 1.165) is 18.6 Å². The normalized spacial score (nSPS) is 12.7. The Kier molecular flexibility index (Phi) is 3.66. The van der Waals surface area contributed by atoms with Gasteiger partial charge in [-0.3, -0.25) is 0 Å². The van der Waals surface area contributed by atoms with Gasteiger partial charge in [-0.2, -0.15) is 4.98 Å². The van der Waals surface area contributed by atoms with Crippen LogP contribution in [0.5, 0.6) is 0 Å². The zero-order valence-corrected chi connectivity index (χ0v) is 9.73. The molecule has 0 radical (unpaired) electrons. The third kappa shape index (κ3) is 2.53. The molecule has 96 valence electrons. The van der Waals surface area contributed by atoms with Gasteiger partial charge in [0, 0.05) is 6.07 Å². The van der Waals surface area contributed by atoms with Crippen molar-refractivity contribution >= 4 is 0 Å². The Bertz CT molecular complexity index is 543. The molecule has 6 heteroatoms. The molecule has 1 aromatic carbocycles. The van der Waals surface area contributed by atoms with Gasteiger partial charge < -0.3 is 9.63 Å². The van der Waals surface area contributed by atoms with Crippen LogP contribution in [0.4, 0.5) is 8.78 Å². The molecule has 0 bridgehead atoms. The Morgan fingerprint density at radius 3 is 2.83 bits per heavy atom. The minimum absolute atomic E-state index is 0.0128. The Morgan fingerprint density at radius 2 is 2.17 bits per heavy atom. The van der Waals surface area contributed by atoms with Crippen molar-refractivity contribution in [3.8, 4) is 11.5 Å². The van der Waals surface area contributed by atoms with E-state index in [1.165, 1.54) is 6.07 Å². The highest BCUT2D eigenvalue weighted by molar-refractivity contribution is 5.53. The van der Waals surface area contributed by atoms with Crippen molar-refractivity contribution < 1.29 is 18.4 Å². The van der Waals surface area contributed by atoms with Crippen molar-refractivity contribution in [2.45, 2.75) is 25.9 Å². The van der Waals surface area contributed by atoms with Gasteiger partial charge in [0.05, 0.1) is 5.56 Å². The van der Waals surface area contributed by atoms with E-state index in [2.05, 4.69) is 10.1 Å². The number of hydrogen-bond donors (Lipinski definition) is 1. The van der Waals surface area contributed by atoms with Gasteiger partial charge >= 0.3 is 0 Å². The Labute approximate surface area is 102 Å². The van der Waals surface area contributed by atoms with Crippen LogP contribution in [-0.4, -0.2) is 15.2 Å². The zero-order valence-electron chi connectivity index (χ0n) is 9.73. The summed E-state index contributed by atoms with van der Waals surface area (Å²) in [4.78, 5) is 3.90. The molecule has 1 atom stereocenters. The summed E-state index contributed by atoms with van der Waals surface area (Å²) < 4.78 is 31.1. The largest absolute Gasteiger partial charge is 0.385 e. The van der Waals surface area contributed by atoms with Gasteiger partial charge in [0.15, 0.2) is 0 Å². The molecule has 2 aromatic rings. The van der Waals surface area contributed by atoms with Crippen LogP contribution in [0.15, 0.2) is 22.7 Å². The van der Waals surface area contributed by atoms with E-state index < -0.39 is 17.7 Å². The number of aliphatic hydroxyl groups is 1. The second-order valence-electron chi connectivity index (χ2n) is 3.89. The third-order valence-electron chi connectivity index (χ3n) is 2.46. The van der Waals surface area contributed by atoms with Gasteiger partial charge in [-0.25, -0.2) is 8.78 Å². The van der Waals surface area contributed by atoms with E-state index in [-0.39, 0.29) is 17.3 Å². The summed E-state index contributed by atoms with van der Waals surface area (Å²) in [6.07, 6.45) is 0.414. The quantitative estimate of drug-likeness (QED) is 0.911. The lowest BCUT2D eigenvalue weighted by molar-refractivity contribution is 0.153. The van der Waals surface area contributed by atoms with Crippen LogP contribution in [0.2, 0.25) is 0 Å². The van der Waals surface area contributed by atoms with Crippen LogP contribution in [0.3, 0.4) is 0 Å². The first kappa shape index (κ1) is 12.6. The molecule has 1 unspecified atom stereocenters. The van der Waals surface area contributed by atoms with Crippen LogP contribution in [0, 0.1) is 11.6 Å². The molecule has 0 spiro atoms. The predicted molar refractivity (Wildman–Crippen MR) is 59.5 cm³/mol. The van der Waals surface area contributed by atoms with Crippen molar-refractivity contribution in [3.05, 3.63) is 35.7 Å². The molecule has 1 aromatic heterocycles. The van der Waals surface area contributed by atoms with E-state index >= 15 is 0 Å². The summed E-state index contributed by atoms with van der Waals surface area (Å²) in [6, 6.07) is 3.06. The first-order valence-corrected chi connectivity index (χ1v) is 5.59. The van der Waals surface area contributed by atoms with Gasteiger partial charge in [-0.05, 0) is 18.6 Å². The molecule has 0 fully saturated rings. The molecule has 18 heavy (non-hydrogen) atoms. The lowest BCUT2D eigenvalue weighted by Gasteiger charge is -2.01. The first-order valence-electron chi connectivity index (χ1n) is 5.59. The third-order valence-corrected chi connectivity index (χ3v) is 2.46. The van der Waals surface area contributed by atoms with Crippen molar-refractivity contribution in [1.82, 2.24) is 10.1 Å². The fourth-order valence-electron chi connectivity index (χ4n) is 1.55. The van der Waals surface area contributed by atoms with Crippen LogP contribution in [-0.2, 0) is 0 Å². The molecule has 0 aliphatic heterocycles. The van der Waals surface area contributed by atoms with Crippen molar-refractivity contribution in [3.63, 3.8) is 0 Å². The number of aliphatic hydroxyl groups excluding tert-OH is 1. The van der Waals surface area contributed by atoms with Gasteiger partial charge in [0.1, 0.15) is 17.7 Å². The molecule has 0 aliphatic rings. The number of aromatic nitrogens is 2. The fourth-order valence-corrected chi connectivity index (χ4v) is 1.55. The fraction of sp³-hybridized carbons (Fsp3) is 0.333. The summed E-state index contributed by atoms with van der Waals surface area (Å²) in [5, 5.41) is 13.2. The first-order chi connectivity index (χ1) is 8.61. The molecule has 0 saturated heterocycles. The molecule has 2 rings (SSSR count). The predicted octanol–water partition coefficient (Wildman–Crippen LogP) is 2.85. The summed E-state index contributed by atoms with van der Waals surface area (Å²) in [5.74, 6) is -1.43. The van der Waals surface area contributed by atoms with Crippen LogP contribution >= 0.6 is 0 Å². The average Bonchev–Trinajstić information content (AvgIpc) is 2.78. The Morgan fingerprint density at radius 1 is 1.39 bits per heavy atom. The molecule has 0 saturated carbocycles. The zero-order chi connectivity index (χ0) is 13.1. The molecular weight excluding hydrogens is 242 g/mol. The highest BCUT2D eigenvalue weighted by Crippen LogP contribution is 2.24. The topological polar surface area (TPSA) is 59.2 Å². The molecular formula is C12H12F2N2O2. The highest BCUT2D eigenvalue weighted by atomic mass is 19.1. The summed E-state index contributed by atoms with van der Waals surface area (Å²) >= 11 is 0. The SMILES string of the molecule is CCCC(O)c1noc(-c2ccc(F)cc2F)n1. The maximum absolute atomic E-state index is 13.5. The molecule has 1 heterocycles. The van der Waals surface area contributed by atoms with Crippen LogP contribution in [0.1, 0.15) is 31.7 Å². The number of nitrogens with zero attached hydrogens (tertiary/aromatic N) is 2. The van der Waals surface area contributed by atoms with E-state index in [1.807, 2.05) is 6.92 Å². The van der Waals surface area contributed by atoms with E-state index in [9.17, 15) is 13.9 Å². The summed E-state index contributed by atoms with van der Waals surface area (Å²) in [5.41, 5.74) is 0.0128. The Hall–Kier alpha value is -1.82. The molecule has 0 aliphatic carbocycles. The second-order valence-corrected chi connectivity index (χ2v) is 3.89. The molecule has 4 nitrogen and oxygen atoms in total. The molecule has 1 N–H and O–H groups in total. The lowest BCUT2D eigenvalue weighted by Crippen LogP contribution is -1.99. The van der Waals surface area contributed by atoms with Crippen molar-refractivity contribution in [2.24, 2.45) is 0 Å². The van der Waals surface area contributed by atoms with Gasteiger partial charge in [0.2, 0.25) is 5.82 Å². The Balaban J connectivity index is 2.29. The van der Waals surface area contributed by atoms with Crippen LogP contribution in [0.25, 0.3) is 11.5 Å². The van der Waals surface area contributed by atoms with E-state index in [0.29, 0.717) is 6.42 Å². The molecule has 0 amide bonds. The van der Waals surface area contributed by atoms with Crippen LogP contribution < -0.4 is 0 Å². The maximum Gasteiger partial charge on any atom is 0.260 e. The van der Waals surface area contributed by atoms with Gasteiger partial charge in [-0.1, -0.05) is 18.5 Å². The average molecular weight is 254 g/mol. The van der Waals surface area contributed by atoms with E-state index in [4.69, 9.17) is 4.52 Å². The number of halogens is 2. The number of hydrogen-bond acceptors (Lipinski definition) is 4. The highest BCUT2D eigenvalue weighted by Gasteiger charge is 2.18. The second kappa shape index (κ2) is 5.22. The minimum atomic E-state index is -0.837. The number of benzene rings is 1. The van der Waals surface area contributed by atoms with Gasteiger partial charge in [0.25, 0.3) is 5.89 Å². The lowest BCUT2D eigenvalue weighted by atomic mass is 10.2. The van der Waals surface area contributed by atoms with E-state index in [1.54, 1.807) is 0 Å². The summed E-state index contributed by atoms with van der Waals surface area (Å²) in [7, 11) is 0. The number of rotatable bonds is 4. The van der Waals surface area contributed by atoms with Crippen molar-refractivity contribution in [2.75, 3.05) is 0 Å². The van der Waals surface area contributed by atoms with Gasteiger partial charge in [-0.15, -0.1) is 0 Å².